The van der Waals surface area contributed by atoms with Crippen LogP contribution in [0.3, 0.4) is 0 Å². The molecule has 2 aromatic heterocycles. The van der Waals surface area contributed by atoms with Crippen molar-refractivity contribution in [1.29, 1.82) is 0 Å². The van der Waals surface area contributed by atoms with E-state index >= 15 is 0 Å². The van der Waals surface area contributed by atoms with Crippen LogP contribution in [0.5, 0.6) is 0 Å². The number of anilines is 3. The van der Waals surface area contributed by atoms with E-state index in [-0.39, 0.29) is 11.6 Å². The Balaban J connectivity index is 1.19. The van der Waals surface area contributed by atoms with Crippen molar-refractivity contribution in [3.05, 3.63) is 137 Å². The third-order valence-electron chi connectivity index (χ3n) is 7.00. The van der Waals surface area contributed by atoms with Gasteiger partial charge in [0.2, 0.25) is 5.95 Å². The molecule has 43 heavy (non-hydrogen) atoms. The number of amides is 1. The van der Waals surface area contributed by atoms with Gasteiger partial charge in [-0.15, -0.1) is 0 Å². The van der Waals surface area contributed by atoms with E-state index in [1.54, 1.807) is 35.0 Å². The van der Waals surface area contributed by atoms with Gasteiger partial charge in [0.05, 0.1) is 22.3 Å². The minimum Gasteiger partial charge on any atom is -0.330 e. The molecule has 1 amide bonds. The van der Waals surface area contributed by atoms with Gasteiger partial charge in [0.15, 0.2) is 0 Å². The van der Waals surface area contributed by atoms with E-state index < -0.39 is 4.92 Å². The molecule has 212 valence electrons. The molecule has 0 bridgehead atoms. The van der Waals surface area contributed by atoms with E-state index in [1.807, 2.05) is 78.9 Å². The van der Waals surface area contributed by atoms with Crippen LogP contribution < -0.4 is 16.4 Å². The molecule has 10 nitrogen and oxygen atoms in total. The average molecular weight is 570 g/mol. The van der Waals surface area contributed by atoms with Crippen molar-refractivity contribution >= 4 is 34.4 Å². The number of nitrogens with two attached hydrogens (primary N) is 1. The number of nitrogens with one attached hydrogen (secondary N) is 2. The molecular weight excluding hydrogens is 542 g/mol. The van der Waals surface area contributed by atoms with E-state index in [1.165, 1.54) is 6.07 Å². The Hall–Kier alpha value is -5.87. The van der Waals surface area contributed by atoms with E-state index in [9.17, 15) is 14.9 Å². The summed E-state index contributed by atoms with van der Waals surface area (Å²) >= 11 is 0. The van der Waals surface area contributed by atoms with Crippen LogP contribution in [0.2, 0.25) is 0 Å². The van der Waals surface area contributed by atoms with Crippen molar-refractivity contribution in [1.82, 2.24) is 14.6 Å². The van der Waals surface area contributed by atoms with Gasteiger partial charge in [-0.05, 0) is 78.2 Å². The summed E-state index contributed by atoms with van der Waals surface area (Å²) in [5, 5.41) is 21.8. The number of nitro groups is 1. The Morgan fingerprint density at radius 3 is 2.28 bits per heavy atom. The highest BCUT2D eigenvalue weighted by Crippen LogP contribution is 2.28. The third kappa shape index (κ3) is 6.09. The summed E-state index contributed by atoms with van der Waals surface area (Å²) in [4.78, 5) is 28.3. The van der Waals surface area contributed by atoms with Gasteiger partial charge in [-0.1, -0.05) is 48.5 Å². The van der Waals surface area contributed by atoms with Gasteiger partial charge < -0.3 is 16.4 Å². The predicted octanol–water partition coefficient (Wildman–Crippen LogP) is 6.47. The minimum atomic E-state index is -0.398. The first-order valence-corrected chi connectivity index (χ1v) is 13.6. The van der Waals surface area contributed by atoms with Crippen molar-refractivity contribution in [2.75, 3.05) is 17.2 Å². The SMILES string of the molecule is NCCc1ccc(C(=O)Nc2ccc(Nc3nc(-c4ccc(-c5cccc([N+](=O)[O-])c5)cc4)cc4ccnn34)cc2)cc1. The fraction of sp³-hybridized carbons (Fsp3) is 0.0606. The smallest absolute Gasteiger partial charge is 0.270 e. The molecular formula is C33H27N7O3. The summed E-state index contributed by atoms with van der Waals surface area (Å²) in [6, 6.07) is 32.9. The maximum atomic E-state index is 12.7. The molecule has 4 aromatic carbocycles. The number of nitro benzene ring substituents is 1. The first-order chi connectivity index (χ1) is 21.0. The molecule has 10 heteroatoms. The zero-order valence-corrected chi connectivity index (χ0v) is 23.0. The third-order valence-corrected chi connectivity index (χ3v) is 7.00. The summed E-state index contributed by atoms with van der Waals surface area (Å²) in [7, 11) is 0. The molecule has 0 aliphatic rings. The minimum absolute atomic E-state index is 0.0499. The Labute approximate surface area is 247 Å². The largest absolute Gasteiger partial charge is 0.330 e. The first-order valence-electron chi connectivity index (χ1n) is 13.6. The number of hydrogen-bond acceptors (Lipinski definition) is 7. The summed E-state index contributed by atoms with van der Waals surface area (Å²) < 4.78 is 1.71. The van der Waals surface area contributed by atoms with Crippen molar-refractivity contribution in [2.45, 2.75) is 6.42 Å². The van der Waals surface area contributed by atoms with Gasteiger partial charge >= 0.3 is 0 Å². The van der Waals surface area contributed by atoms with E-state index in [0.717, 1.165) is 45.6 Å². The van der Waals surface area contributed by atoms with Crippen LogP contribution in [0.4, 0.5) is 23.0 Å². The van der Waals surface area contributed by atoms with Crippen LogP contribution in [-0.4, -0.2) is 32.0 Å². The summed E-state index contributed by atoms with van der Waals surface area (Å²) in [6.07, 6.45) is 2.48. The Kier molecular flexibility index (Phi) is 7.58. The standard InChI is InChI=1S/C33H27N7O3/c34-18-16-22-4-6-25(7-5-22)32(41)36-27-12-14-28(15-13-27)37-33-38-31(21-29-17-19-35-39(29)33)24-10-8-23(9-11-24)26-2-1-3-30(20-26)40(42)43/h1-15,17,19-21H,16,18,34H2,(H,36,41)(H,37,38). The number of rotatable bonds is 9. The molecule has 2 heterocycles. The molecule has 0 aliphatic carbocycles. The molecule has 0 spiro atoms. The first kappa shape index (κ1) is 27.3. The fourth-order valence-corrected chi connectivity index (χ4v) is 4.75. The number of carbonyl (C=O) groups is 1. The van der Waals surface area contributed by atoms with E-state index in [0.29, 0.717) is 23.7 Å². The molecule has 6 aromatic rings. The molecule has 0 fully saturated rings. The van der Waals surface area contributed by atoms with Gasteiger partial charge in [-0.2, -0.15) is 5.10 Å². The Morgan fingerprint density at radius 1 is 0.837 bits per heavy atom. The summed E-state index contributed by atoms with van der Waals surface area (Å²) in [5.41, 5.74) is 12.9. The maximum Gasteiger partial charge on any atom is 0.270 e. The normalized spacial score (nSPS) is 10.9. The lowest BCUT2D eigenvalue weighted by molar-refractivity contribution is -0.384. The number of carbonyl (C=O) groups excluding carboxylic acids is 1. The molecule has 0 radical (unpaired) electrons. The van der Waals surface area contributed by atoms with Crippen LogP contribution in [0, 0.1) is 10.1 Å². The van der Waals surface area contributed by atoms with Crippen LogP contribution in [0.15, 0.2) is 115 Å². The van der Waals surface area contributed by atoms with Crippen molar-refractivity contribution in [3.63, 3.8) is 0 Å². The zero-order valence-electron chi connectivity index (χ0n) is 23.0. The van der Waals surface area contributed by atoms with Crippen molar-refractivity contribution < 1.29 is 9.72 Å². The van der Waals surface area contributed by atoms with Crippen LogP contribution in [0.25, 0.3) is 27.9 Å². The second-order valence-electron chi connectivity index (χ2n) is 9.91. The predicted molar refractivity (Wildman–Crippen MR) is 167 cm³/mol. The summed E-state index contributed by atoms with van der Waals surface area (Å²) in [5.74, 6) is 0.332. The van der Waals surface area contributed by atoms with Crippen LogP contribution in [0.1, 0.15) is 15.9 Å². The number of non-ortho nitro benzene ring substituents is 1. The second-order valence-corrected chi connectivity index (χ2v) is 9.91. The molecule has 0 aliphatic heterocycles. The second kappa shape index (κ2) is 11.9. The molecule has 6 rings (SSSR count). The van der Waals surface area contributed by atoms with E-state index in [4.69, 9.17) is 10.7 Å². The zero-order chi connectivity index (χ0) is 29.8. The lowest BCUT2D eigenvalue weighted by atomic mass is 10.0. The Bertz CT molecular complexity index is 1920. The Morgan fingerprint density at radius 2 is 1.56 bits per heavy atom. The maximum absolute atomic E-state index is 12.7. The number of benzene rings is 4. The quantitative estimate of drug-likeness (QED) is 0.134. The van der Waals surface area contributed by atoms with Crippen LogP contribution in [-0.2, 0) is 6.42 Å². The van der Waals surface area contributed by atoms with Crippen molar-refractivity contribution in [2.24, 2.45) is 5.73 Å². The highest BCUT2D eigenvalue weighted by Gasteiger charge is 2.12. The molecule has 0 unspecified atom stereocenters. The number of fused-ring (bicyclic) bond motifs is 1. The number of hydrogen-bond donors (Lipinski definition) is 3. The average Bonchev–Trinajstić information content (AvgIpc) is 3.52. The highest BCUT2D eigenvalue weighted by atomic mass is 16.6. The van der Waals surface area contributed by atoms with Gasteiger partial charge in [0.25, 0.3) is 11.6 Å². The molecule has 4 N–H and O–H groups in total. The molecule has 0 saturated heterocycles. The lowest BCUT2D eigenvalue weighted by Gasteiger charge is -2.12. The fourth-order valence-electron chi connectivity index (χ4n) is 4.75. The number of aromatic nitrogens is 3. The van der Waals surface area contributed by atoms with Gasteiger partial charge in [-0.3, -0.25) is 14.9 Å². The lowest BCUT2D eigenvalue weighted by Crippen LogP contribution is -2.12. The van der Waals surface area contributed by atoms with Crippen LogP contribution >= 0.6 is 0 Å². The highest BCUT2D eigenvalue weighted by molar-refractivity contribution is 6.04. The van der Waals surface area contributed by atoms with Gasteiger partial charge in [0, 0.05) is 34.6 Å². The molecule has 0 saturated carbocycles. The number of nitrogens with zero attached hydrogens (tertiary/aromatic N) is 4. The van der Waals surface area contributed by atoms with Gasteiger partial charge in [0.1, 0.15) is 0 Å². The van der Waals surface area contributed by atoms with Gasteiger partial charge in [-0.25, -0.2) is 9.50 Å². The van der Waals surface area contributed by atoms with E-state index in [2.05, 4.69) is 15.7 Å². The summed E-state index contributed by atoms with van der Waals surface area (Å²) in [6.45, 7) is 0.565. The monoisotopic (exact) mass is 569 g/mol. The topological polar surface area (TPSA) is 140 Å². The van der Waals surface area contributed by atoms with Crippen molar-refractivity contribution in [3.8, 4) is 22.4 Å². The molecule has 0 atom stereocenters.